The first-order valence-corrected chi connectivity index (χ1v) is 13.1. The van der Waals surface area contributed by atoms with E-state index >= 15 is 0 Å². The second-order valence-electron chi connectivity index (χ2n) is 9.58. The largest absolute Gasteiger partial charge is 2.00 e. The zero-order valence-corrected chi connectivity index (χ0v) is 26.4. The number of pyridine rings is 1. The van der Waals surface area contributed by atoms with Crippen LogP contribution in [0.1, 0.15) is 67.0 Å². The minimum absolute atomic E-state index is 0. The molecule has 2 aromatic carbocycles. The maximum Gasteiger partial charge on any atom is 2.00 e. The van der Waals surface area contributed by atoms with Gasteiger partial charge in [-0.3, -0.25) is 4.98 Å². The van der Waals surface area contributed by atoms with E-state index in [4.69, 9.17) is 9.73 Å². The molecule has 0 radical (unpaired) electrons. The number of carbonyl (C=O) groups excluding carboxylic acids is 1. The quantitative estimate of drug-likeness (QED) is 0.110. The molecule has 0 saturated carbocycles. The molecule has 5 nitrogen and oxygen atoms in total. The van der Waals surface area contributed by atoms with Crippen LogP contribution in [-0.4, -0.2) is 28.3 Å². The second-order valence-corrected chi connectivity index (χ2v) is 9.58. The third kappa shape index (κ3) is 6.05. The van der Waals surface area contributed by atoms with Crippen molar-refractivity contribution in [2.24, 2.45) is 4.99 Å². The summed E-state index contributed by atoms with van der Waals surface area (Å²) in [6, 6.07) is 26.3. The van der Waals surface area contributed by atoms with E-state index in [1.54, 1.807) is 6.20 Å². The van der Waals surface area contributed by atoms with Crippen LogP contribution >= 0.6 is 0 Å². The molecular formula is C34H39N3O2Pt. The molecule has 3 heterocycles. The van der Waals surface area contributed by atoms with Crippen LogP contribution in [0.2, 0.25) is 0 Å². The van der Waals surface area contributed by atoms with Crippen LogP contribution in [-0.2, 0) is 37.8 Å². The molecule has 0 unspecified atom stereocenters. The Hall–Kier alpha value is -3.30. The zero-order valence-electron chi connectivity index (χ0n) is 24.1. The SMILES string of the molecule is CCC1(CC)CCCn2c(C(=O)OC)cc(-c3ccccc3N=C(c3ccccc3)c3ccccn3)c21.[CH3-].[CH3-].[Pt+2]. The number of aliphatic imine (C=N–C) groups is 1. The van der Waals surface area contributed by atoms with Gasteiger partial charge in [-0.1, -0.05) is 68.4 Å². The van der Waals surface area contributed by atoms with Gasteiger partial charge in [0.1, 0.15) is 5.69 Å². The Morgan fingerprint density at radius 2 is 1.62 bits per heavy atom. The Morgan fingerprint density at radius 1 is 0.950 bits per heavy atom. The summed E-state index contributed by atoms with van der Waals surface area (Å²) in [5, 5.41) is 0. The molecule has 1 aliphatic rings. The van der Waals surface area contributed by atoms with E-state index in [1.165, 1.54) is 12.8 Å². The van der Waals surface area contributed by atoms with Gasteiger partial charge < -0.3 is 24.2 Å². The number of esters is 1. The fourth-order valence-corrected chi connectivity index (χ4v) is 5.75. The molecule has 4 aromatic rings. The van der Waals surface area contributed by atoms with Gasteiger partial charge >= 0.3 is 27.0 Å². The molecule has 0 N–H and O–H groups in total. The molecule has 0 saturated heterocycles. The van der Waals surface area contributed by atoms with E-state index in [-0.39, 0.29) is 47.3 Å². The van der Waals surface area contributed by atoms with Gasteiger partial charge in [-0.2, -0.15) is 0 Å². The number of para-hydroxylation sites is 1. The molecule has 1 aliphatic heterocycles. The summed E-state index contributed by atoms with van der Waals surface area (Å²) >= 11 is 0. The third-order valence-electron chi connectivity index (χ3n) is 7.77. The average molecular weight is 717 g/mol. The van der Waals surface area contributed by atoms with Gasteiger partial charge in [0.05, 0.1) is 24.2 Å². The first kappa shape index (κ1) is 32.9. The molecule has 212 valence electrons. The molecule has 2 aromatic heterocycles. The Bertz CT molecular complexity index is 1380. The molecule has 6 heteroatoms. The summed E-state index contributed by atoms with van der Waals surface area (Å²) in [5.74, 6) is -0.296. The summed E-state index contributed by atoms with van der Waals surface area (Å²) in [6.45, 7) is 5.33. The van der Waals surface area contributed by atoms with Gasteiger partial charge in [0.2, 0.25) is 0 Å². The Kier molecular flexibility index (Phi) is 11.8. The maximum atomic E-state index is 12.9. The molecule has 0 aliphatic carbocycles. The van der Waals surface area contributed by atoms with Crippen LogP contribution < -0.4 is 0 Å². The number of fused-ring (bicyclic) bond motifs is 1. The van der Waals surface area contributed by atoms with Crippen molar-refractivity contribution in [3.63, 3.8) is 0 Å². The molecule has 0 spiro atoms. The van der Waals surface area contributed by atoms with E-state index in [0.717, 1.165) is 66.0 Å². The summed E-state index contributed by atoms with van der Waals surface area (Å²) < 4.78 is 7.41. The number of methoxy groups -OCH3 is 1. The van der Waals surface area contributed by atoms with E-state index in [0.29, 0.717) is 5.69 Å². The molecule has 5 rings (SSSR count). The minimum atomic E-state index is -0.296. The van der Waals surface area contributed by atoms with E-state index in [2.05, 4.69) is 41.6 Å². The normalized spacial score (nSPS) is 13.6. The smallest absolute Gasteiger partial charge is 0.464 e. The van der Waals surface area contributed by atoms with Crippen molar-refractivity contribution in [2.45, 2.75) is 51.5 Å². The Morgan fingerprint density at radius 3 is 2.27 bits per heavy atom. The van der Waals surface area contributed by atoms with Gasteiger partial charge in [-0.25, -0.2) is 9.79 Å². The van der Waals surface area contributed by atoms with Crippen LogP contribution in [0.15, 0.2) is 90.1 Å². The van der Waals surface area contributed by atoms with Crippen molar-refractivity contribution in [3.05, 3.63) is 123 Å². The third-order valence-corrected chi connectivity index (χ3v) is 7.77. The average Bonchev–Trinajstić information content (AvgIpc) is 3.37. The number of benzene rings is 2. The second kappa shape index (κ2) is 14.4. The Balaban J connectivity index is 0.00000187. The Labute approximate surface area is 254 Å². The van der Waals surface area contributed by atoms with Crippen LogP contribution in [0.3, 0.4) is 0 Å². The number of ether oxygens (including phenoxy) is 1. The minimum Gasteiger partial charge on any atom is -0.464 e. The van der Waals surface area contributed by atoms with Crippen LogP contribution in [0.5, 0.6) is 0 Å². The number of hydrogen-bond acceptors (Lipinski definition) is 4. The number of rotatable bonds is 7. The van der Waals surface area contributed by atoms with E-state index in [1.807, 2.05) is 60.7 Å². The molecular weight excluding hydrogens is 677 g/mol. The summed E-state index contributed by atoms with van der Waals surface area (Å²) in [6.07, 6.45) is 5.96. The first-order chi connectivity index (χ1) is 18.1. The fraction of sp³-hybridized carbons (Fsp3) is 0.265. The molecule has 0 fully saturated rings. The van der Waals surface area contributed by atoms with Crippen molar-refractivity contribution in [2.75, 3.05) is 7.11 Å². The van der Waals surface area contributed by atoms with E-state index < -0.39 is 0 Å². The molecule has 40 heavy (non-hydrogen) atoms. The van der Waals surface area contributed by atoms with E-state index in [9.17, 15) is 4.79 Å². The van der Waals surface area contributed by atoms with Crippen LogP contribution in [0.4, 0.5) is 5.69 Å². The number of aromatic nitrogens is 2. The monoisotopic (exact) mass is 716 g/mol. The van der Waals surface area contributed by atoms with Crippen LogP contribution in [0.25, 0.3) is 11.1 Å². The van der Waals surface area contributed by atoms with Gasteiger partial charge in [0.25, 0.3) is 0 Å². The maximum absolute atomic E-state index is 12.9. The van der Waals surface area contributed by atoms with Crippen molar-refractivity contribution >= 4 is 17.4 Å². The standard InChI is InChI=1S/C32H33N3O2.2CH3.Pt/c1-4-32(5-2)19-13-21-35-28(31(36)37-3)22-25(30(32)35)24-16-9-10-17-26(24)34-29(23-14-7-6-8-15-23)27-18-11-12-20-33-27;;;/h6-12,14-18,20,22H,4-5,13,19,21H2,1-3H3;2*1H3;/q;2*-1;+2. The van der Waals surface area contributed by atoms with Crippen molar-refractivity contribution < 1.29 is 30.6 Å². The molecule has 0 atom stereocenters. The molecule has 0 amide bonds. The number of carbonyl (C=O) groups is 1. The van der Waals surface area contributed by atoms with Gasteiger partial charge in [-0.05, 0) is 49.9 Å². The predicted octanol–water partition coefficient (Wildman–Crippen LogP) is 8.26. The van der Waals surface area contributed by atoms with Crippen molar-refractivity contribution in [1.29, 1.82) is 0 Å². The summed E-state index contributed by atoms with van der Waals surface area (Å²) in [5.41, 5.74) is 7.40. The number of nitrogens with zero attached hydrogens (tertiary/aromatic N) is 3. The predicted molar refractivity (Wildman–Crippen MR) is 162 cm³/mol. The first-order valence-electron chi connectivity index (χ1n) is 13.1. The zero-order chi connectivity index (χ0) is 25.8. The summed E-state index contributed by atoms with van der Waals surface area (Å²) in [4.78, 5) is 22.7. The topological polar surface area (TPSA) is 56.5 Å². The fourth-order valence-electron chi connectivity index (χ4n) is 5.75. The van der Waals surface area contributed by atoms with Crippen LogP contribution in [0, 0.1) is 14.9 Å². The van der Waals surface area contributed by atoms with Gasteiger partial charge in [0, 0.05) is 40.5 Å². The van der Waals surface area contributed by atoms with Gasteiger partial charge in [-0.15, -0.1) is 0 Å². The van der Waals surface area contributed by atoms with Crippen molar-refractivity contribution in [1.82, 2.24) is 9.55 Å². The van der Waals surface area contributed by atoms with Crippen molar-refractivity contribution in [3.8, 4) is 11.1 Å². The van der Waals surface area contributed by atoms with Gasteiger partial charge in [0.15, 0.2) is 0 Å². The number of hydrogen-bond donors (Lipinski definition) is 0. The molecule has 0 bridgehead atoms. The summed E-state index contributed by atoms with van der Waals surface area (Å²) in [7, 11) is 1.45.